The van der Waals surface area contributed by atoms with Crippen LogP contribution < -0.4 is 11.5 Å². The number of carbonyl (C=O) groups excluding carboxylic acids is 1. The largest absolute Gasteiger partial charge is 0.465 e. The van der Waals surface area contributed by atoms with Gasteiger partial charge < -0.3 is 20.6 Å². The minimum Gasteiger partial charge on any atom is -0.465 e. The number of nitrogen functional groups attached to an aromatic ring is 2. The molecule has 3 aromatic rings. The van der Waals surface area contributed by atoms with Gasteiger partial charge in [-0.15, -0.1) is 0 Å². The molecule has 0 spiro atoms. The molecule has 0 aliphatic rings. The van der Waals surface area contributed by atoms with Gasteiger partial charge in [0.1, 0.15) is 12.1 Å². The van der Waals surface area contributed by atoms with Crippen molar-refractivity contribution in [3.63, 3.8) is 0 Å². The van der Waals surface area contributed by atoms with Gasteiger partial charge in [-0.05, 0) is 23.8 Å². The van der Waals surface area contributed by atoms with Crippen LogP contribution in [0.25, 0.3) is 22.6 Å². The minimum absolute atomic E-state index is 0.0725. The lowest BCUT2D eigenvalue weighted by molar-refractivity contribution is 0.0601. The van der Waals surface area contributed by atoms with Crippen molar-refractivity contribution < 1.29 is 13.9 Å². The zero-order chi connectivity index (χ0) is 16.4. The SMILES string of the molecule is COC(=O)c1cc(-c2ncco2)cc(-c2cnc(N)nc2N)c1. The quantitative estimate of drug-likeness (QED) is 0.699. The average Bonchev–Trinajstić information content (AvgIpc) is 3.08. The van der Waals surface area contributed by atoms with E-state index in [0.717, 1.165) is 0 Å². The van der Waals surface area contributed by atoms with Crippen molar-refractivity contribution in [3.8, 4) is 22.6 Å². The summed E-state index contributed by atoms with van der Waals surface area (Å²) >= 11 is 0. The number of methoxy groups -OCH3 is 1. The molecule has 3 rings (SSSR count). The molecule has 0 radical (unpaired) electrons. The maximum Gasteiger partial charge on any atom is 0.337 e. The molecule has 0 saturated heterocycles. The van der Waals surface area contributed by atoms with Crippen molar-refractivity contribution in [2.24, 2.45) is 0 Å². The summed E-state index contributed by atoms with van der Waals surface area (Å²) in [6.45, 7) is 0. The number of hydrogen-bond acceptors (Lipinski definition) is 8. The fourth-order valence-electron chi connectivity index (χ4n) is 2.14. The van der Waals surface area contributed by atoms with Crippen LogP contribution in [0.1, 0.15) is 10.4 Å². The number of ether oxygens (including phenoxy) is 1. The van der Waals surface area contributed by atoms with Gasteiger partial charge in [-0.25, -0.2) is 14.8 Å². The zero-order valence-corrected chi connectivity index (χ0v) is 12.2. The number of nitrogens with two attached hydrogens (primary N) is 2. The maximum absolute atomic E-state index is 11.9. The van der Waals surface area contributed by atoms with E-state index in [1.165, 1.54) is 25.8 Å². The van der Waals surface area contributed by atoms with Crippen molar-refractivity contribution in [2.75, 3.05) is 18.6 Å². The van der Waals surface area contributed by atoms with Gasteiger partial charge in [0.2, 0.25) is 11.8 Å². The summed E-state index contributed by atoms with van der Waals surface area (Å²) in [6.07, 6.45) is 4.45. The number of nitrogens with zero attached hydrogens (tertiary/aromatic N) is 3. The molecule has 116 valence electrons. The summed E-state index contributed by atoms with van der Waals surface area (Å²) in [5.74, 6) is 0.155. The predicted octanol–water partition coefficient (Wildman–Crippen LogP) is 1.75. The summed E-state index contributed by atoms with van der Waals surface area (Å²) in [7, 11) is 1.31. The number of anilines is 2. The normalized spacial score (nSPS) is 10.5. The standard InChI is InChI=1S/C15H13N5O3/c1-22-14(21)10-5-8(11-7-19-15(17)20-12(11)16)4-9(6-10)13-18-2-3-23-13/h2-7H,1H3,(H4,16,17,19,20). The van der Waals surface area contributed by atoms with Gasteiger partial charge in [0.25, 0.3) is 0 Å². The average molecular weight is 311 g/mol. The Morgan fingerprint density at radius 3 is 2.61 bits per heavy atom. The Kier molecular flexibility index (Phi) is 3.63. The van der Waals surface area contributed by atoms with Gasteiger partial charge in [-0.1, -0.05) is 0 Å². The van der Waals surface area contributed by atoms with Gasteiger partial charge in [0, 0.05) is 17.3 Å². The van der Waals surface area contributed by atoms with E-state index in [1.807, 2.05) is 0 Å². The molecular weight excluding hydrogens is 298 g/mol. The van der Waals surface area contributed by atoms with Gasteiger partial charge in [0.05, 0.1) is 18.9 Å². The molecule has 0 unspecified atom stereocenters. The molecule has 23 heavy (non-hydrogen) atoms. The summed E-state index contributed by atoms with van der Waals surface area (Å²) < 4.78 is 10.1. The second-order valence-electron chi connectivity index (χ2n) is 4.65. The second-order valence-corrected chi connectivity index (χ2v) is 4.65. The molecule has 1 aromatic carbocycles. The summed E-state index contributed by atoms with van der Waals surface area (Å²) in [5.41, 5.74) is 13.5. The van der Waals surface area contributed by atoms with E-state index in [0.29, 0.717) is 28.1 Å². The summed E-state index contributed by atoms with van der Waals surface area (Å²) in [6, 6.07) is 5.02. The Bertz CT molecular complexity index is 862. The monoisotopic (exact) mass is 311 g/mol. The number of carbonyl (C=O) groups is 1. The lowest BCUT2D eigenvalue weighted by Gasteiger charge is -2.09. The molecule has 4 N–H and O–H groups in total. The second kappa shape index (κ2) is 5.76. The fourth-order valence-corrected chi connectivity index (χ4v) is 2.14. The van der Waals surface area contributed by atoms with Crippen molar-refractivity contribution in [1.82, 2.24) is 15.0 Å². The number of hydrogen-bond donors (Lipinski definition) is 2. The van der Waals surface area contributed by atoms with Crippen LogP contribution in [0.15, 0.2) is 41.3 Å². The molecule has 0 aliphatic heterocycles. The molecule has 0 aliphatic carbocycles. The van der Waals surface area contributed by atoms with E-state index in [-0.39, 0.29) is 11.8 Å². The maximum atomic E-state index is 11.9. The third kappa shape index (κ3) is 2.82. The van der Waals surface area contributed by atoms with Crippen LogP contribution in [0.2, 0.25) is 0 Å². The van der Waals surface area contributed by atoms with Crippen LogP contribution in [-0.2, 0) is 4.74 Å². The molecule has 2 aromatic heterocycles. The first-order valence-electron chi connectivity index (χ1n) is 6.60. The highest BCUT2D eigenvalue weighted by Crippen LogP contribution is 2.30. The number of aromatic nitrogens is 3. The van der Waals surface area contributed by atoms with Crippen LogP contribution in [-0.4, -0.2) is 28.0 Å². The molecule has 8 nitrogen and oxygen atoms in total. The highest BCUT2D eigenvalue weighted by molar-refractivity contribution is 5.93. The Labute approximate surface area is 131 Å². The molecule has 0 fully saturated rings. The number of esters is 1. The highest BCUT2D eigenvalue weighted by atomic mass is 16.5. The number of rotatable bonds is 3. The van der Waals surface area contributed by atoms with Crippen molar-refractivity contribution in [2.45, 2.75) is 0 Å². The van der Waals surface area contributed by atoms with Crippen molar-refractivity contribution in [1.29, 1.82) is 0 Å². The van der Waals surface area contributed by atoms with Crippen LogP contribution in [0.4, 0.5) is 11.8 Å². The van der Waals surface area contributed by atoms with E-state index < -0.39 is 5.97 Å². The first-order chi connectivity index (χ1) is 11.1. The Morgan fingerprint density at radius 1 is 1.17 bits per heavy atom. The smallest absolute Gasteiger partial charge is 0.337 e. The van der Waals surface area contributed by atoms with E-state index >= 15 is 0 Å². The van der Waals surface area contributed by atoms with Gasteiger partial charge >= 0.3 is 5.97 Å². The van der Waals surface area contributed by atoms with Crippen LogP contribution in [0, 0.1) is 0 Å². The number of oxazole rings is 1. The molecule has 0 amide bonds. The molecule has 8 heteroatoms. The molecular formula is C15H13N5O3. The zero-order valence-electron chi connectivity index (χ0n) is 12.2. The first-order valence-corrected chi connectivity index (χ1v) is 6.60. The number of benzene rings is 1. The molecule has 0 bridgehead atoms. The van der Waals surface area contributed by atoms with Crippen molar-refractivity contribution >= 4 is 17.7 Å². The minimum atomic E-state index is -0.491. The Hall–Kier alpha value is -3.42. The predicted molar refractivity (Wildman–Crippen MR) is 83.1 cm³/mol. The van der Waals surface area contributed by atoms with Crippen LogP contribution in [0.3, 0.4) is 0 Å². The van der Waals surface area contributed by atoms with Crippen LogP contribution >= 0.6 is 0 Å². The van der Waals surface area contributed by atoms with E-state index in [1.54, 1.807) is 18.2 Å². The van der Waals surface area contributed by atoms with E-state index in [2.05, 4.69) is 15.0 Å². The summed E-state index contributed by atoms with van der Waals surface area (Å²) in [4.78, 5) is 23.8. The Balaban J connectivity index is 2.19. The van der Waals surface area contributed by atoms with Gasteiger partial charge in [-0.3, -0.25) is 0 Å². The third-order valence-corrected chi connectivity index (χ3v) is 3.18. The van der Waals surface area contributed by atoms with Gasteiger partial charge in [0.15, 0.2) is 0 Å². The van der Waals surface area contributed by atoms with E-state index in [9.17, 15) is 4.79 Å². The van der Waals surface area contributed by atoms with Crippen LogP contribution in [0.5, 0.6) is 0 Å². The fraction of sp³-hybridized carbons (Fsp3) is 0.0667. The lowest BCUT2D eigenvalue weighted by atomic mass is 10.0. The molecule has 2 heterocycles. The molecule has 0 atom stereocenters. The first kappa shape index (κ1) is 14.5. The van der Waals surface area contributed by atoms with E-state index in [4.69, 9.17) is 20.6 Å². The third-order valence-electron chi connectivity index (χ3n) is 3.18. The summed E-state index contributed by atoms with van der Waals surface area (Å²) in [5, 5.41) is 0. The lowest BCUT2D eigenvalue weighted by Crippen LogP contribution is -2.04. The Morgan fingerprint density at radius 2 is 1.96 bits per heavy atom. The highest BCUT2D eigenvalue weighted by Gasteiger charge is 2.15. The molecule has 0 saturated carbocycles. The van der Waals surface area contributed by atoms with Crippen molar-refractivity contribution in [3.05, 3.63) is 42.4 Å². The topological polar surface area (TPSA) is 130 Å². The van der Waals surface area contributed by atoms with Gasteiger partial charge in [-0.2, -0.15) is 4.98 Å².